The van der Waals surface area contributed by atoms with Crippen LogP contribution in [0.3, 0.4) is 0 Å². The Bertz CT molecular complexity index is 492. The molecule has 108 valence electrons. The van der Waals surface area contributed by atoms with E-state index in [1.807, 2.05) is 38.1 Å². The molecule has 1 rings (SSSR count). The van der Waals surface area contributed by atoms with Crippen molar-refractivity contribution in [1.82, 2.24) is 5.32 Å². The second-order valence-corrected chi connectivity index (χ2v) is 4.82. The van der Waals surface area contributed by atoms with Crippen molar-refractivity contribution in [2.45, 2.75) is 33.3 Å². The average molecular weight is 275 g/mol. The molecule has 1 aromatic rings. The molecule has 1 aromatic carbocycles. The zero-order valence-corrected chi connectivity index (χ0v) is 12.2. The van der Waals surface area contributed by atoms with Gasteiger partial charge in [-0.1, -0.05) is 12.1 Å². The van der Waals surface area contributed by atoms with Crippen molar-refractivity contribution in [1.29, 1.82) is 0 Å². The van der Waals surface area contributed by atoms with E-state index < -0.39 is 0 Å². The molecule has 0 radical (unpaired) electrons. The van der Waals surface area contributed by atoms with Crippen LogP contribution in [0.5, 0.6) is 5.75 Å². The summed E-state index contributed by atoms with van der Waals surface area (Å²) in [4.78, 5) is 22.3. The molecule has 0 saturated carbocycles. The van der Waals surface area contributed by atoms with Crippen molar-refractivity contribution in [3.63, 3.8) is 0 Å². The maximum absolute atomic E-state index is 11.5. The Labute approximate surface area is 119 Å². The maximum atomic E-state index is 11.5. The molecule has 0 heterocycles. The van der Waals surface area contributed by atoms with E-state index >= 15 is 0 Å². The molecule has 4 heteroatoms. The highest BCUT2D eigenvalue weighted by molar-refractivity contribution is 5.92. The summed E-state index contributed by atoms with van der Waals surface area (Å²) in [6.45, 7) is 5.80. The van der Waals surface area contributed by atoms with Gasteiger partial charge < -0.3 is 10.1 Å². The Balaban J connectivity index is 2.52. The van der Waals surface area contributed by atoms with Crippen molar-refractivity contribution >= 4 is 17.8 Å². The zero-order chi connectivity index (χ0) is 15.0. The first-order chi connectivity index (χ1) is 9.47. The number of ketones is 1. The first-order valence-corrected chi connectivity index (χ1v) is 6.69. The SMILES string of the molecule is CC(=O)CCNC(=O)/C=C/c1cccc(OC(C)C)c1. The largest absolute Gasteiger partial charge is 0.491 e. The van der Waals surface area contributed by atoms with Crippen molar-refractivity contribution in [3.05, 3.63) is 35.9 Å². The molecule has 0 aliphatic heterocycles. The molecule has 1 amide bonds. The van der Waals surface area contributed by atoms with E-state index in [4.69, 9.17) is 4.74 Å². The third-order valence-corrected chi connectivity index (χ3v) is 2.43. The van der Waals surface area contributed by atoms with Crippen LogP contribution in [0.2, 0.25) is 0 Å². The number of ether oxygens (including phenoxy) is 1. The molecule has 0 aromatic heterocycles. The van der Waals surface area contributed by atoms with Gasteiger partial charge in [0.15, 0.2) is 0 Å². The molecular weight excluding hydrogens is 254 g/mol. The highest BCUT2D eigenvalue weighted by Gasteiger charge is 1.99. The maximum Gasteiger partial charge on any atom is 0.244 e. The van der Waals surface area contributed by atoms with Crippen LogP contribution in [0.15, 0.2) is 30.3 Å². The van der Waals surface area contributed by atoms with Crippen molar-refractivity contribution in [2.24, 2.45) is 0 Å². The quantitative estimate of drug-likeness (QED) is 0.778. The lowest BCUT2D eigenvalue weighted by Crippen LogP contribution is -2.23. The van der Waals surface area contributed by atoms with Crippen molar-refractivity contribution in [2.75, 3.05) is 6.54 Å². The number of nitrogens with one attached hydrogen (secondary N) is 1. The van der Waals surface area contributed by atoms with Gasteiger partial charge in [-0.25, -0.2) is 0 Å². The molecule has 20 heavy (non-hydrogen) atoms. The predicted molar refractivity (Wildman–Crippen MR) is 79.5 cm³/mol. The van der Waals surface area contributed by atoms with Crippen molar-refractivity contribution in [3.8, 4) is 5.75 Å². The van der Waals surface area contributed by atoms with Gasteiger partial charge in [-0.05, 0) is 44.5 Å². The standard InChI is InChI=1S/C16H21NO3/c1-12(2)20-15-6-4-5-14(11-15)7-8-16(19)17-10-9-13(3)18/h4-8,11-12H,9-10H2,1-3H3,(H,17,19)/b8-7+. The number of carbonyl (C=O) groups is 2. The van der Waals surface area contributed by atoms with E-state index in [1.54, 1.807) is 6.08 Å². The lowest BCUT2D eigenvalue weighted by Gasteiger charge is -2.09. The molecule has 0 aliphatic carbocycles. The fraction of sp³-hybridized carbons (Fsp3) is 0.375. The van der Waals surface area contributed by atoms with E-state index in [2.05, 4.69) is 5.32 Å². The van der Waals surface area contributed by atoms with E-state index in [0.29, 0.717) is 13.0 Å². The molecule has 0 fully saturated rings. The second kappa shape index (κ2) is 8.15. The highest BCUT2D eigenvalue weighted by Crippen LogP contribution is 2.15. The van der Waals surface area contributed by atoms with E-state index in [9.17, 15) is 9.59 Å². The van der Waals surface area contributed by atoms with E-state index in [0.717, 1.165) is 11.3 Å². The van der Waals surface area contributed by atoms with Crippen LogP contribution in [0.1, 0.15) is 32.8 Å². The van der Waals surface area contributed by atoms with Gasteiger partial charge >= 0.3 is 0 Å². The molecule has 0 atom stereocenters. The van der Waals surface area contributed by atoms with Gasteiger partial charge in [0, 0.05) is 19.0 Å². The molecule has 0 unspecified atom stereocenters. The summed E-state index contributed by atoms with van der Waals surface area (Å²) in [7, 11) is 0. The highest BCUT2D eigenvalue weighted by atomic mass is 16.5. The molecule has 1 N–H and O–H groups in total. The third kappa shape index (κ3) is 6.73. The Kier molecular flexibility index (Phi) is 6.50. The molecule has 0 bridgehead atoms. The van der Waals surface area contributed by atoms with Gasteiger partial charge in [0.05, 0.1) is 6.10 Å². The molecule has 0 aliphatic rings. The second-order valence-electron chi connectivity index (χ2n) is 4.82. The summed E-state index contributed by atoms with van der Waals surface area (Å²) in [6.07, 6.45) is 3.64. The molecule has 4 nitrogen and oxygen atoms in total. The minimum Gasteiger partial charge on any atom is -0.491 e. The summed E-state index contributed by atoms with van der Waals surface area (Å²) in [5.41, 5.74) is 0.893. The first kappa shape index (κ1) is 16.0. The number of benzene rings is 1. The van der Waals surface area contributed by atoms with Gasteiger partial charge in [-0.15, -0.1) is 0 Å². The normalized spacial score (nSPS) is 10.8. The monoisotopic (exact) mass is 275 g/mol. The summed E-state index contributed by atoms with van der Waals surface area (Å²) in [6, 6.07) is 7.53. The number of amides is 1. The summed E-state index contributed by atoms with van der Waals surface area (Å²) in [5, 5.41) is 2.65. The number of Topliss-reactive ketones (excluding diaryl/α,β-unsaturated/α-hetero) is 1. The Morgan fingerprint density at radius 1 is 1.35 bits per heavy atom. The van der Waals surface area contributed by atoms with Crippen LogP contribution in [0.4, 0.5) is 0 Å². The third-order valence-electron chi connectivity index (χ3n) is 2.43. The minimum atomic E-state index is -0.207. The van der Waals surface area contributed by atoms with Crippen LogP contribution < -0.4 is 10.1 Å². The first-order valence-electron chi connectivity index (χ1n) is 6.69. The summed E-state index contributed by atoms with van der Waals surface area (Å²) >= 11 is 0. The van der Waals surface area contributed by atoms with Crippen LogP contribution in [-0.4, -0.2) is 24.3 Å². The number of carbonyl (C=O) groups excluding carboxylic acids is 2. The van der Waals surface area contributed by atoms with Gasteiger partial charge in [0.25, 0.3) is 0 Å². The Morgan fingerprint density at radius 3 is 2.75 bits per heavy atom. The van der Waals surface area contributed by atoms with Crippen molar-refractivity contribution < 1.29 is 14.3 Å². The van der Waals surface area contributed by atoms with E-state index in [-0.39, 0.29) is 17.8 Å². The number of rotatable bonds is 7. The van der Waals surface area contributed by atoms with Crippen LogP contribution in [0.25, 0.3) is 6.08 Å². The summed E-state index contributed by atoms with van der Waals surface area (Å²) in [5.74, 6) is 0.633. The fourth-order valence-electron chi connectivity index (χ4n) is 1.56. The number of hydrogen-bond acceptors (Lipinski definition) is 3. The molecule has 0 spiro atoms. The lowest BCUT2D eigenvalue weighted by atomic mass is 10.2. The number of hydrogen-bond donors (Lipinski definition) is 1. The van der Waals surface area contributed by atoms with Gasteiger partial charge in [-0.2, -0.15) is 0 Å². The summed E-state index contributed by atoms with van der Waals surface area (Å²) < 4.78 is 5.58. The van der Waals surface area contributed by atoms with Gasteiger partial charge in [-0.3, -0.25) is 9.59 Å². The fourth-order valence-corrected chi connectivity index (χ4v) is 1.56. The predicted octanol–water partition coefficient (Wildman–Crippen LogP) is 2.58. The lowest BCUT2D eigenvalue weighted by molar-refractivity contribution is -0.117. The minimum absolute atomic E-state index is 0.0628. The van der Waals surface area contributed by atoms with Gasteiger partial charge in [0.2, 0.25) is 5.91 Å². The Hall–Kier alpha value is -2.10. The van der Waals surface area contributed by atoms with E-state index in [1.165, 1.54) is 13.0 Å². The van der Waals surface area contributed by atoms with Crippen LogP contribution >= 0.6 is 0 Å². The molecule has 0 saturated heterocycles. The Morgan fingerprint density at radius 2 is 2.10 bits per heavy atom. The smallest absolute Gasteiger partial charge is 0.244 e. The van der Waals surface area contributed by atoms with Crippen LogP contribution in [0, 0.1) is 0 Å². The average Bonchev–Trinajstić information content (AvgIpc) is 2.35. The van der Waals surface area contributed by atoms with Gasteiger partial charge in [0.1, 0.15) is 11.5 Å². The van der Waals surface area contributed by atoms with Crippen LogP contribution in [-0.2, 0) is 9.59 Å². The topological polar surface area (TPSA) is 55.4 Å². The molecular formula is C16H21NO3. The zero-order valence-electron chi connectivity index (χ0n) is 12.2.